The van der Waals surface area contributed by atoms with Gasteiger partial charge in [0, 0.05) is 19.6 Å². The van der Waals surface area contributed by atoms with Crippen LogP contribution < -0.4 is 10.5 Å². The highest BCUT2D eigenvalue weighted by Gasteiger charge is 2.11. The second-order valence-electron chi connectivity index (χ2n) is 4.68. The summed E-state index contributed by atoms with van der Waals surface area (Å²) >= 11 is 0. The lowest BCUT2D eigenvalue weighted by molar-refractivity contribution is -0.131. The molecular weight excluding hydrogens is 240 g/mol. The average molecular weight is 264 g/mol. The molecule has 0 aromatic heterocycles. The molecule has 0 spiro atoms. The van der Waals surface area contributed by atoms with E-state index >= 15 is 0 Å². The molecule has 106 valence electrons. The Morgan fingerprint density at radius 3 is 2.68 bits per heavy atom. The van der Waals surface area contributed by atoms with E-state index in [2.05, 4.69) is 6.92 Å². The maximum absolute atomic E-state index is 11.7. The third kappa shape index (κ3) is 4.91. The van der Waals surface area contributed by atoms with Crippen molar-refractivity contribution in [3.05, 3.63) is 29.8 Å². The molecule has 4 nitrogen and oxygen atoms in total. The standard InChI is InChI=1S/C15H24N2O2/c1-4-13(16)10-12-8-6-7-9-14(12)19-11-15(18)17(3)5-2/h6-9,13H,4-5,10-11,16H2,1-3H3. The molecule has 1 rings (SSSR count). The van der Waals surface area contributed by atoms with Gasteiger partial charge in [0.15, 0.2) is 6.61 Å². The van der Waals surface area contributed by atoms with Crippen LogP contribution in [0.1, 0.15) is 25.8 Å². The van der Waals surface area contributed by atoms with Gasteiger partial charge in [-0.15, -0.1) is 0 Å². The van der Waals surface area contributed by atoms with Crippen molar-refractivity contribution in [1.29, 1.82) is 0 Å². The van der Waals surface area contributed by atoms with Crippen molar-refractivity contribution in [3.8, 4) is 5.75 Å². The van der Waals surface area contributed by atoms with Crippen molar-refractivity contribution >= 4 is 5.91 Å². The molecule has 19 heavy (non-hydrogen) atoms. The first-order valence-corrected chi connectivity index (χ1v) is 6.78. The zero-order valence-electron chi connectivity index (χ0n) is 12.1. The van der Waals surface area contributed by atoms with E-state index in [0.717, 1.165) is 24.2 Å². The molecule has 0 aliphatic rings. The number of nitrogens with zero attached hydrogens (tertiary/aromatic N) is 1. The van der Waals surface area contributed by atoms with Crippen molar-refractivity contribution < 1.29 is 9.53 Å². The predicted octanol–water partition coefficient (Wildman–Crippen LogP) is 1.82. The highest BCUT2D eigenvalue weighted by atomic mass is 16.5. The van der Waals surface area contributed by atoms with Crippen LogP contribution in [0, 0.1) is 0 Å². The van der Waals surface area contributed by atoms with Crippen LogP contribution in [0.15, 0.2) is 24.3 Å². The second kappa shape index (κ2) is 7.79. The van der Waals surface area contributed by atoms with E-state index < -0.39 is 0 Å². The molecule has 0 saturated heterocycles. The normalized spacial score (nSPS) is 12.0. The minimum atomic E-state index is -0.0166. The van der Waals surface area contributed by atoms with Crippen LogP contribution in [0.3, 0.4) is 0 Å². The van der Waals surface area contributed by atoms with E-state index in [4.69, 9.17) is 10.5 Å². The Kier molecular flexibility index (Phi) is 6.36. The fraction of sp³-hybridized carbons (Fsp3) is 0.533. The summed E-state index contributed by atoms with van der Waals surface area (Å²) in [6.45, 7) is 4.76. The van der Waals surface area contributed by atoms with Gasteiger partial charge in [0.2, 0.25) is 0 Å². The fourth-order valence-electron chi connectivity index (χ4n) is 1.67. The molecule has 0 bridgehead atoms. The average Bonchev–Trinajstić information content (AvgIpc) is 2.44. The SMILES string of the molecule is CCC(N)Cc1ccccc1OCC(=O)N(C)CC. The molecule has 0 aliphatic heterocycles. The molecule has 0 fully saturated rings. The van der Waals surface area contributed by atoms with Crippen molar-refractivity contribution in [2.45, 2.75) is 32.7 Å². The first-order chi connectivity index (χ1) is 9.08. The Morgan fingerprint density at radius 2 is 2.05 bits per heavy atom. The summed E-state index contributed by atoms with van der Waals surface area (Å²) in [6, 6.07) is 7.88. The van der Waals surface area contributed by atoms with Crippen LogP contribution in [0.4, 0.5) is 0 Å². The Labute approximate surface area is 115 Å². The molecule has 1 aromatic carbocycles. The summed E-state index contributed by atoms with van der Waals surface area (Å²) in [7, 11) is 1.77. The van der Waals surface area contributed by atoms with Crippen molar-refractivity contribution in [2.75, 3.05) is 20.2 Å². The van der Waals surface area contributed by atoms with Crippen molar-refractivity contribution in [1.82, 2.24) is 4.90 Å². The highest BCUT2D eigenvalue weighted by Crippen LogP contribution is 2.19. The molecule has 1 atom stereocenters. The quantitative estimate of drug-likeness (QED) is 0.817. The smallest absolute Gasteiger partial charge is 0.260 e. The van der Waals surface area contributed by atoms with Crippen molar-refractivity contribution in [3.63, 3.8) is 0 Å². The van der Waals surface area contributed by atoms with Crippen LogP contribution in [0.5, 0.6) is 5.75 Å². The maximum Gasteiger partial charge on any atom is 0.260 e. The second-order valence-corrected chi connectivity index (χ2v) is 4.68. The first-order valence-electron chi connectivity index (χ1n) is 6.78. The monoisotopic (exact) mass is 264 g/mol. The Balaban J connectivity index is 2.65. The number of ether oxygens (including phenoxy) is 1. The fourth-order valence-corrected chi connectivity index (χ4v) is 1.67. The van der Waals surface area contributed by atoms with Gasteiger partial charge in [-0.25, -0.2) is 0 Å². The zero-order chi connectivity index (χ0) is 14.3. The highest BCUT2D eigenvalue weighted by molar-refractivity contribution is 5.77. The number of hydrogen-bond donors (Lipinski definition) is 1. The molecular formula is C15H24N2O2. The molecule has 0 saturated carbocycles. The first kappa shape index (κ1) is 15.5. The van der Waals surface area contributed by atoms with E-state index in [-0.39, 0.29) is 18.6 Å². The van der Waals surface area contributed by atoms with Crippen LogP contribution in [0.2, 0.25) is 0 Å². The molecule has 0 aliphatic carbocycles. The Morgan fingerprint density at radius 1 is 1.37 bits per heavy atom. The number of carbonyl (C=O) groups is 1. The lowest BCUT2D eigenvalue weighted by Gasteiger charge is -2.17. The molecule has 1 unspecified atom stereocenters. The molecule has 1 aromatic rings. The third-order valence-electron chi connectivity index (χ3n) is 3.23. The van der Waals surface area contributed by atoms with E-state index in [9.17, 15) is 4.79 Å². The van der Waals surface area contributed by atoms with Crippen molar-refractivity contribution in [2.24, 2.45) is 5.73 Å². The molecule has 1 amide bonds. The zero-order valence-corrected chi connectivity index (χ0v) is 12.1. The molecule has 4 heteroatoms. The summed E-state index contributed by atoms with van der Waals surface area (Å²) < 4.78 is 5.62. The number of para-hydroxylation sites is 1. The van der Waals surface area contributed by atoms with Gasteiger partial charge in [-0.2, -0.15) is 0 Å². The molecule has 2 N–H and O–H groups in total. The van der Waals surface area contributed by atoms with Gasteiger partial charge >= 0.3 is 0 Å². The van der Waals surface area contributed by atoms with Crippen LogP contribution in [0.25, 0.3) is 0 Å². The van der Waals surface area contributed by atoms with Gasteiger partial charge in [-0.1, -0.05) is 25.1 Å². The van der Waals surface area contributed by atoms with Gasteiger partial charge in [-0.05, 0) is 31.4 Å². The minimum absolute atomic E-state index is 0.0166. The molecule has 0 radical (unpaired) electrons. The van der Waals surface area contributed by atoms with E-state index in [1.54, 1.807) is 11.9 Å². The number of rotatable bonds is 7. The number of carbonyl (C=O) groups excluding carboxylic acids is 1. The topological polar surface area (TPSA) is 55.6 Å². The third-order valence-corrected chi connectivity index (χ3v) is 3.23. The largest absolute Gasteiger partial charge is 0.483 e. The van der Waals surface area contributed by atoms with E-state index in [0.29, 0.717) is 6.54 Å². The Hall–Kier alpha value is -1.55. The lowest BCUT2D eigenvalue weighted by Crippen LogP contribution is -2.31. The van der Waals surface area contributed by atoms with E-state index in [1.165, 1.54) is 0 Å². The summed E-state index contributed by atoms with van der Waals surface area (Å²) in [5, 5.41) is 0. The summed E-state index contributed by atoms with van der Waals surface area (Å²) in [5.41, 5.74) is 7.03. The van der Waals surface area contributed by atoms with E-state index in [1.807, 2.05) is 31.2 Å². The molecule has 0 heterocycles. The predicted molar refractivity (Wildman–Crippen MR) is 77.2 cm³/mol. The number of benzene rings is 1. The lowest BCUT2D eigenvalue weighted by atomic mass is 10.0. The van der Waals surface area contributed by atoms with Gasteiger partial charge in [0.05, 0.1) is 0 Å². The van der Waals surface area contributed by atoms with Gasteiger partial charge in [0.1, 0.15) is 5.75 Å². The maximum atomic E-state index is 11.7. The van der Waals surface area contributed by atoms with Crippen LogP contribution >= 0.6 is 0 Å². The van der Waals surface area contributed by atoms with Gasteiger partial charge in [-0.3, -0.25) is 4.79 Å². The van der Waals surface area contributed by atoms with Crippen LogP contribution in [-0.4, -0.2) is 37.0 Å². The van der Waals surface area contributed by atoms with Crippen LogP contribution in [-0.2, 0) is 11.2 Å². The number of amides is 1. The minimum Gasteiger partial charge on any atom is -0.483 e. The summed E-state index contributed by atoms with van der Waals surface area (Å²) in [4.78, 5) is 13.4. The van der Waals surface area contributed by atoms with Gasteiger partial charge in [0.25, 0.3) is 5.91 Å². The summed E-state index contributed by atoms with van der Waals surface area (Å²) in [6.07, 6.45) is 1.69. The number of hydrogen-bond acceptors (Lipinski definition) is 3. The summed E-state index contributed by atoms with van der Waals surface area (Å²) in [5.74, 6) is 0.737. The number of nitrogens with two attached hydrogens (primary N) is 1. The number of likely N-dealkylation sites (N-methyl/N-ethyl adjacent to an activating group) is 1. The van der Waals surface area contributed by atoms with Gasteiger partial charge < -0.3 is 15.4 Å². The Bertz CT molecular complexity index is 407.